The van der Waals surface area contributed by atoms with E-state index in [0.717, 1.165) is 22.6 Å². The Morgan fingerprint density at radius 3 is 1.89 bits per heavy atom. The molecule has 3 amide bonds. The van der Waals surface area contributed by atoms with E-state index in [1.54, 1.807) is 38.5 Å². The van der Waals surface area contributed by atoms with Gasteiger partial charge in [0.05, 0.1) is 28.7 Å². The van der Waals surface area contributed by atoms with E-state index in [0.29, 0.717) is 43.9 Å². The first-order valence-electron chi connectivity index (χ1n) is 14.5. The minimum absolute atomic E-state index is 0. The summed E-state index contributed by atoms with van der Waals surface area (Å²) in [6.45, 7) is 5.41. The van der Waals surface area contributed by atoms with Crippen molar-refractivity contribution in [3.8, 4) is 0 Å². The molecule has 11 nitrogen and oxygen atoms in total. The van der Waals surface area contributed by atoms with Crippen LogP contribution in [0.5, 0.6) is 0 Å². The highest BCUT2D eigenvalue weighted by Crippen LogP contribution is 2.14. The van der Waals surface area contributed by atoms with E-state index < -0.39 is 12.1 Å². The van der Waals surface area contributed by atoms with Crippen LogP contribution in [-0.2, 0) is 35.6 Å². The summed E-state index contributed by atoms with van der Waals surface area (Å²) in [4.78, 5) is 52.4. The zero-order valence-electron chi connectivity index (χ0n) is 25.3. The van der Waals surface area contributed by atoms with E-state index in [2.05, 4.69) is 35.8 Å². The van der Waals surface area contributed by atoms with Crippen LogP contribution in [0.3, 0.4) is 0 Å². The molecule has 1 aromatic carbocycles. The zero-order chi connectivity index (χ0) is 31.3. The predicted octanol–water partition coefficient (Wildman–Crippen LogP) is 3.26. The van der Waals surface area contributed by atoms with Gasteiger partial charge in [0.1, 0.15) is 6.04 Å². The number of anilines is 1. The maximum absolute atomic E-state index is 12.9. The van der Waals surface area contributed by atoms with Crippen molar-refractivity contribution in [2.24, 2.45) is 5.73 Å². The molecule has 0 unspecified atom stereocenters. The van der Waals surface area contributed by atoms with E-state index in [1.807, 2.05) is 66.7 Å². The van der Waals surface area contributed by atoms with Crippen LogP contribution in [0.2, 0.25) is 0 Å². The molecule has 45 heavy (non-hydrogen) atoms. The van der Waals surface area contributed by atoms with Gasteiger partial charge >= 0.3 is 0 Å². The van der Waals surface area contributed by atoms with Gasteiger partial charge in [0.25, 0.3) is 5.91 Å². The van der Waals surface area contributed by atoms with Gasteiger partial charge in [-0.25, -0.2) is 0 Å². The van der Waals surface area contributed by atoms with Crippen molar-refractivity contribution < 1.29 is 14.4 Å². The van der Waals surface area contributed by atoms with Gasteiger partial charge in [-0.1, -0.05) is 24.3 Å². The van der Waals surface area contributed by atoms with Crippen LogP contribution in [0.25, 0.3) is 0 Å². The summed E-state index contributed by atoms with van der Waals surface area (Å²) in [6.07, 6.45) is 5.74. The van der Waals surface area contributed by atoms with Crippen molar-refractivity contribution in [3.05, 3.63) is 120 Å². The fourth-order valence-electron chi connectivity index (χ4n) is 4.34. The number of pyridine rings is 3. The number of hydrogen-bond acceptors (Lipinski definition) is 8. The Balaban J connectivity index is 0.00000552. The molecule has 236 valence electrons. The lowest BCUT2D eigenvalue weighted by Gasteiger charge is -2.21. The smallest absolute Gasteiger partial charge is 0.257 e. The molecule has 0 fully saturated rings. The fourth-order valence-corrected chi connectivity index (χ4v) is 4.34. The Morgan fingerprint density at radius 1 is 0.778 bits per heavy atom. The summed E-state index contributed by atoms with van der Waals surface area (Å²) in [5.74, 6) is -0.917. The second-order valence-electron chi connectivity index (χ2n) is 10.5. The normalized spacial score (nSPS) is 12.0. The van der Waals surface area contributed by atoms with Gasteiger partial charge in [-0.3, -0.25) is 34.2 Å². The topological polar surface area (TPSA) is 155 Å². The number of hydrogen-bond donors (Lipinski definition) is 4. The highest BCUT2D eigenvalue weighted by atomic mass is 35.5. The number of rotatable bonds is 14. The van der Waals surface area contributed by atoms with E-state index >= 15 is 0 Å². The average Bonchev–Trinajstić information content (AvgIpc) is 3.03. The third-order valence-electron chi connectivity index (χ3n) is 6.79. The van der Waals surface area contributed by atoms with E-state index in [1.165, 1.54) is 0 Å². The van der Waals surface area contributed by atoms with Gasteiger partial charge in [0.2, 0.25) is 11.8 Å². The van der Waals surface area contributed by atoms with Crippen LogP contribution < -0.4 is 21.7 Å². The first-order valence-corrected chi connectivity index (χ1v) is 14.5. The molecule has 2 atom stereocenters. The highest BCUT2D eigenvalue weighted by molar-refractivity contribution is 6.04. The van der Waals surface area contributed by atoms with E-state index in [9.17, 15) is 14.4 Å². The second kappa shape index (κ2) is 17.6. The Morgan fingerprint density at radius 2 is 1.38 bits per heavy atom. The SMILES string of the molecule is C[C@@H](N)C(=O)N[C@H](C)C(=O)NCCc1ccc(NC(=O)c2ccc(CN(Cc3ccccn3)Cc3ccccn3)nc2)cc1.Cl. The van der Waals surface area contributed by atoms with Crippen LogP contribution in [0, 0.1) is 0 Å². The molecule has 0 saturated heterocycles. The quantitative estimate of drug-likeness (QED) is 0.165. The zero-order valence-corrected chi connectivity index (χ0v) is 26.2. The molecular weight excluding hydrogens is 592 g/mol. The van der Waals surface area contributed by atoms with Crippen LogP contribution in [0.15, 0.2) is 91.4 Å². The molecule has 0 aliphatic rings. The van der Waals surface area contributed by atoms with Crippen molar-refractivity contribution in [1.29, 1.82) is 0 Å². The molecule has 3 aromatic heterocycles. The maximum atomic E-state index is 12.9. The van der Waals surface area contributed by atoms with Crippen molar-refractivity contribution in [1.82, 2.24) is 30.5 Å². The summed E-state index contributed by atoms with van der Waals surface area (Å²) in [6, 6.07) is 21.4. The lowest BCUT2D eigenvalue weighted by molar-refractivity contribution is -0.129. The number of nitrogens with one attached hydrogen (secondary N) is 3. The Labute approximate surface area is 269 Å². The standard InChI is InChI=1S/C33H38N8O3.ClH/c1-23(34)31(42)39-24(2)32(43)37-18-15-25-9-12-27(13-10-25)40-33(44)26-11-14-30(38-19-26)22-41(20-28-7-3-5-16-35-28)21-29-8-4-6-17-36-29;/h3-14,16-17,19,23-24H,15,18,20-22,34H2,1-2H3,(H,37,43)(H,39,42)(H,40,44);1H/t23-,24-;/m1./s1. The highest BCUT2D eigenvalue weighted by Gasteiger charge is 2.17. The number of nitrogens with two attached hydrogens (primary N) is 1. The Bertz CT molecular complexity index is 1460. The summed E-state index contributed by atoms with van der Waals surface area (Å²) in [7, 11) is 0. The number of nitrogens with zero attached hydrogens (tertiary/aromatic N) is 4. The summed E-state index contributed by atoms with van der Waals surface area (Å²) in [5, 5.41) is 8.27. The van der Waals surface area contributed by atoms with Crippen LogP contribution in [0.1, 0.15) is 46.9 Å². The van der Waals surface area contributed by atoms with Gasteiger partial charge < -0.3 is 21.7 Å². The van der Waals surface area contributed by atoms with Gasteiger partial charge in [-0.2, -0.15) is 0 Å². The van der Waals surface area contributed by atoms with Gasteiger partial charge in [0, 0.05) is 50.5 Å². The maximum Gasteiger partial charge on any atom is 0.257 e. The molecule has 0 aliphatic heterocycles. The van der Waals surface area contributed by atoms with Gasteiger partial charge in [-0.05, 0) is 74.4 Å². The fraction of sp³-hybridized carbons (Fsp3) is 0.273. The number of carbonyl (C=O) groups is 3. The molecule has 3 heterocycles. The molecule has 4 aromatic rings. The summed E-state index contributed by atoms with van der Waals surface area (Å²) in [5.41, 5.74) is 10.3. The summed E-state index contributed by atoms with van der Waals surface area (Å²) >= 11 is 0. The van der Waals surface area contributed by atoms with Gasteiger partial charge in [-0.15, -0.1) is 12.4 Å². The first-order chi connectivity index (χ1) is 21.3. The Hall–Kier alpha value is -4.71. The van der Waals surface area contributed by atoms with Crippen LogP contribution in [-0.4, -0.2) is 56.2 Å². The molecule has 0 spiro atoms. The molecule has 12 heteroatoms. The molecular formula is C33H39ClN8O3. The monoisotopic (exact) mass is 630 g/mol. The molecule has 0 radical (unpaired) electrons. The minimum Gasteiger partial charge on any atom is -0.354 e. The average molecular weight is 631 g/mol. The van der Waals surface area contributed by atoms with Crippen molar-refractivity contribution in [2.45, 2.75) is 52.0 Å². The largest absolute Gasteiger partial charge is 0.354 e. The molecule has 4 rings (SSSR count). The van der Waals surface area contributed by atoms with Crippen molar-refractivity contribution in [2.75, 3.05) is 11.9 Å². The summed E-state index contributed by atoms with van der Waals surface area (Å²) < 4.78 is 0. The van der Waals surface area contributed by atoms with Gasteiger partial charge in [0.15, 0.2) is 0 Å². The minimum atomic E-state index is -0.679. The van der Waals surface area contributed by atoms with Crippen LogP contribution >= 0.6 is 12.4 Å². The number of carbonyl (C=O) groups excluding carboxylic acids is 3. The number of amides is 3. The first kappa shape index (κ1) is 34.8. The molecule has 0 saturated carbocycles. The molecule has 5 N–H and O–H groups in total. The third kappa shape index (κ3) is 11.4. The molecule has 0 aliphatic carbocycles. The Kier molecular flexibility index (Phi) is 13.6. The van der Waals surface area contributed by atoms with Crippen molar-refractivity contribution in [3.63, 3.8) is 0 Å². The second-order valence-corrected chi connectivity index (χ2v) is 10.5. The lowest BCUT2D eigenvalue weighted by Crippen LogP contribution is -2.49. The number of benzene rings is 1. The van der Waals surface area contributed by atoms with E-state index in [-0.39, 0.29) is 30.1 Å². The number of aromatic nitrogens is 3. The lowest BCUT2D eigenvalue weighted by atomic mass is 10.1. The predicted molar refractivity (Wildman–Crippen MR) is 175 cm³/mol. The van der Waals surface area contributed by atoms with Crippen LogP contribution in [0.4, 0.5) is 5.69 Å². The molecule has 0 bridgehead atoms. The van der Waals surface area contributed by atoms with Crippen molar-refractivity contribution >= 4 is 35.8 Å². The third-order valence-corrected chi connectivity index (χ3v) is 6.79. The van der Waals surface area contributed by atoms with E-state index in [4.69, 9.17) is 5.73 Å². The number of halogens is 1.